The number of aliphatic hydroxyl groups is 1. The minimum absolute atomic E-state index is 0.0166. The largest absolute Gasteiger partial charge is 0.411 e. The van der Waals surface area contributed by atoms with Gasteiger partial charge in [0.2, 0.25) is 0 Å². The second-order valence-corrected chi connectivity index (χ2v) is 12.2. The highest BCUT2D eigenvalue weighted by Gasteiger charge is 2.42. The summed E-state index contributed by atoms with van der Waals surface area (Å²) in [5.74, 6) is 0. The molecule has 0 aromatic rings. The van der Waals surface area contributed by atoms with Crippen molar-refractivity contribution in [1.82, 2.24) is 0 Å². The molecule has 5 heteroatoms. The zero-order chi connectivity index (χ0) is 15.6. The normalized spacial score (nSPS) is 28.9. The molecule has 0 spiro atoms. The van der Waals surface area contributed by atoms with Gasteiger partial charge in [-0.2, -0.15) is 0 Å². The molecule has 0 saturated carbocycles. The van der Waals surface area contributed by atoms with Crippen LogP contribution >= 0.6 is 0 Å². The third-order valence-electron chi connectivity index (χ3n) is 4.28. The molecule has 0 amide bonds. The lowest BCUT2D eigenvalue weighted by Crippen LogP contribution is -2.51. The summed E-state index contributed by atoms with van der Waals surface area (Å²) in [6, 6.07) is 0. The minimum atomic E-state index is -1.84. The molecule has 4 nitrogen and oxygen atoms in total. The molecule has 20 heavy (non-hydrogen) atoms. The van der Waals surface area contributed by atoms with Crippen LogP contribution in [-0.4, -0.2) is 44.6 Å². The summed E-state index contributed by atoms with van der Waals surface area (Å²) in [5, 5.41) is 9.73. The van der Waals surface area contributed by atoms with Crippen molar-refractivity contribution in [3.63, 3.8) is 0 Å². The van der Waals surface area contributed by atoms with Crippen molar-refractivity contribution < 1.29 is 19.0 Å². The topological polar surface area (TPSA) is 47.9 Å². The van der Waals surface area contributed by atoms with Crippen LogP contribution in [0.2, 0.25) is 18.1 Å². The molecule has 1 N–H and O–H groups in total. The molecule has 1 heterocycles. The molecule has 0 aromatic heterocycles. The van der Waals surface area contributed by atoms with Gasteiger partial charge in [0.15, 0.2) is 14.6 Å². The summed E-state index contributed by atoms with van der Waals surface area (Å²) in [6.45, 7) is 15.1. The molecule has 1 aliphatic rings. The Labute approximate surface area is 124 Å². The second-order valence-electron chi connectivity index (χ2n) is 7.47. The van der Waals surface area contributed by atoms with E-state index < -0.39 is 8.32 Å². The van der Waals surface area contributed by atoms with Crippen LogP contribution < -0.4 is 0 Å². The number of rotatable bonds is 5. The second kappa shape index (κ2) is 6.88. The Morgan fingerprint density at radius 2 is 1.85 bits per heavy atom. The van der Waals surface area contributed by atoms with Gasteiger partial charge in [-0.3, -0.25) is 0 Å². The zero-order valence-corrected chi connectivity index (χ0v) is 15.1. The zero-order valence-electron chi connectivity index (χ0n) is 14.1. The summed E-state index contributed by atoms with van der Waals surface area (Å²) in [5.41, 5.74) is 0. The third kappa shape index (κ3) is 4.81. The van der Waals surface area contributed by atoms with Crippen LogP contribution in [0.3, 0.4) is 0 Å². The summed E-state index contributed by atoms with van der Waals surface area (Å²) in [4.78, 5) is 0. The van der Waals surface area contributed by atoms with Gasteiger partial charge in [0.1, 0.15) is 6.10 Å². The fourth-order valence-electron chi connectivity index (χ4n) is 2.09. The van der Waals surface area contributed by atoms with Crippen molar-refractivity contribution >= 4 is 8.32 Å². The van der Waals surface area contributed by atoms with Crippen molar-refractivity contribution in [3.05, 3.63) is 0 Å². The van der Waals surface area contributed by atoms with Gasteiger partial charge < -0.3 is 19.0 Å². The van der Waals surface area contributed by atoms with Gasteiger partial charge in [0.25, 0.3) is 0 Å². The maximum atomic E-state index is 9.57. The minimum Gasteiger partial charge on any atom is -0.411 e. The van der Waals surface area contributed by atoms with Crippen molar-refractivity contribution in [3.8, 4) is 0 Å². The van der Waals surface area contributed by atoms with E-state index in [4.69, 9.17) is 13.9 Å². The number of ether oxygens (including phenoxy) is 2. The Morgan fingerprint density at radius 1 is 1.25 bits per heavy atom. The van der Waals surface area contributed by atoms with Gasteiger partial charge in [-0.05, 0) is 38.4 Å². The molecule has 120 valence electrons. The van der Waals surface area contributed by atoms with Gasteiger partial charge >= 0.3 is 0 Å². The SMILES string of the molecule is CC(C)O[C@@H]1CCC(O[Si](C)(C)C(C)(C)C)[C@@H](CO)O1. The molecular weight excluding hydrogens is 272 g/mol. The first-order valence-corrected chi connectivity index (χ1v) is 10.6. The Bertz CT molecular complexity index is 299. The number of hydrogen-bond donors (Lipinski definition) is 1. The molecule has 1 aliphatic heterocycles. The average molecular weight is 305 g/mol. The van der Waals surface area contributed by atoms with Gasteiger partial charge in [0.05, 0.1) is 18.8 Å². The molecule has 0 bridgehead atoms. The number of aliphatic hydroxyl groups excluding tert-OH is 1. The average Bonchev–Trinajstić information content (AvgIpc) is 2.28. The van der Waals surface area contributed by atoms with E-state index in [0.29, 0.717) is 0 Å². The Kier molecular flexibility index (Phi) is 6.23. The van der Waals surface area contributed by atoms with Crippen LogP contribution in [0.25, 0.3) is 0 Å². The standard InChI is InChI=1S/C15H32O4Si/c1-11(2)17-14-9-8-12(13(10-16)18-14)19-20(6,7)15(3,4)5/h11-14,16H,8-10H2,1-7H3/t12?,13-,14+/m1/s1. The molecule has 1 saturated heterocycles. The van der Waals surface area contributed by atoms with Crippen LogP contribution in [0, 0.1) is 0 Å². The molecule has 0 aliphatic carbocycles. The monoisotopic (exact) mass is 304 g/mol. The Hall–Kier alpha value is 0.0569. The maximum Gasteiger partial charge on any atom is 0.192 e. The first-order chi connectivity index (χ1) is 9.06. The highest BCUT2D eigenvalue weighted by molar-refractivity contribution is 6.74. The fraction of sp³-hybridized carbons (Fsp3) is 1.00. The maximum absolute atomic E-state index is 9.57. The van der Waals surface area contributed by atoms with E-state index in [1.807, 2.05) is 13.8 Å². The van der Waals surface area contributed by atoms with Gasteiger partial charge in [-0.25, -0.2) is 0 Å². The predicted molar refractivity (Wildman–Crippen MR) is 83.3 cm³/mol. The highest BCUT2D eigenvalue weighted by Crippen LogP contribution is 2.39. The molecular formula is C15H32O4Si. The molecule has 0 aromatic carbocycles. The summed E-state index contributed by atoms with van der Waals surface area (Å²) in [7, 11) is -1.84. The van der Waals surface area contributed by atoms with E-state index in [1.165, 1.54) is 0 Å². The van der Waals surface area contributed by atoms with Crippen LogP contribution in [-0.2, 0) is 13.9 Å². The Balaban J connectivity index is 2.64. The van der Waals surface area contributed by atoms with Gasteiger partial charge in [-0.1, -0.05) is 20.8 Å². The van der Waals surface area contributed by atoms with Crippen molar-refractivity contribution in [2.45, 2.75) is 90.2 Å². The lowest BCUT2D eigenvalue weighted by Gasteiger charge is -2.44. The van der Waals surface area contributed by atoms with Crippen molar-refractivity contribution in [1.29, 1.82) is 0 Å². The van der Waals surface area contributed by atoms with E-state index >= 15 is 0 Å². The van der Waals surface area contributed by atoms with E-state index in [1.54, 1.807) is 0 Å². The van der Waals surface area contributed by atoms with Gasteiger partial charge in [-0.15, -0.1) is 0 Å². The molecule has 1 rings (SSSR count). The van der Waals surface area contributed by atoms with Crippen LogP contribution in [0.4, 0.5) is 0 Å². The summed E-state index contributed by atoms with van der Waals surface area (Å²) >= 11 is 0. The van der Waals surface area contributed by atoms with Crippen molar-refractivity contribution in [2.24, 2.45) is 0 Å². The summed E-state index contributed by atoms with van der Waals surface area (Å²) < 4.78 is 17.9. The quantitative estimate of drug-likeness (QED) is 0.792. The van der Waals surface area contributed by atoms with Gasteiger partial charge in [0, 0.05) is 6.42 Å². The third-order valence-corrected chi connectivity index (χ3v) is 8.79. The van der Waals surface area contributed by atoms with E-state index in [2.05, 4.69) is 33.9 Å². The first-order valence-electron chi connectivity index (χ1n) is 7.66. The van der Waals surface area contributed by atoms with Crippen LogP contribution in [0.15, 0.2) is 0 Å². The Morgan fingerprint density at radius 3 is 2.30 bits per heavy atom. The number of hydrogen-bond acceptors (Lipinski definition) is 4. The van der Waals surface area contributed by atoms with E-state index in [0.717, 1.165) is 12.8 Å². The predicted octanol–water partition coefficient (Wildman–Crippen LogP) is 3.30. The van der Waals surface area contributed by atoms with E-state index in [9.17, 15) is 5.11 Å². The smallest absolute Gasteiger partial charge is 0.192 e. The first kappa shape index (κ1) is 18.1. The lowest BCUT2D eigenvalue weighted by atomic mass is 10.1. The van der Waals surface area contributed by atoms with Crippen LogP contribution in [0.1, 0.15) is 47.5 Å². The highest BCUT2D eigenvalue weighted by atomic mass is 28.4. The molecule has 1 fully saturated rings. The molecule has 1 unspecified atom stereocenters. The summed E-state index contributed by atoms with van der Waals surface area (Å²) in [6.07, 6.45) is 1.33. The van der Waals surface area contributed by atoms with Crippen molar-refractivity contribution in [2.75, 3.05) is 6.61 Å². The molecule has 0 radical (unpaired) electrons. The lowest BCUT2D eigenvalue weighted by molar-refractivity contribution is -0.238. The van der Waals surface area contributed by atoms with Crippen LogP contribution in [0.5, 0.6) is 0 Å². The fourth-order valence-corrected chi connectivity index (χ4v) is 3.47. The molecule has 3 atom stereocenters. The van der Waals surface area contributed by atoms with E-state index in [-0.39, 0.29) is 36.2 Å².